The molecular weight excluding hydrogens is 450 g/mol. The van der Waals surface area contributed by atoms with Crippen molar-refractivity contribution < 1.29 is 9.90 Å². The maximum atomic E-state index is 13.4. The van der Waals surface area contributed by atoms with Crippen molar-refractivity contribution in [3.05, 3.63) is 81.1 Å². The summed E-state index contributed by atoms with van der Waals surface area (Å²) in [6.07, 6.45) is 6.24. The molecule has 7 rings (SSSR count). The number of pyridine rings is 1. The molecule has 1 aromatic heterocycles. The molecule has 0 radical (unpaired) electrons. The van der Waals surface area contributed by atoms with Gasteiger partial charge >= 0.3 is 6.03 Å². The van der Waals surface area contributed by atoms with Crippen LogP contribution in [0.1, 0.15) is 49.3 Å². The molecule has 6 atom stereocenters. The Morgan fingerprint density at radius 2 is 1.82 bits per heavy atom. The van der Waals surface area contributed by atoms with Crippen LogP contribution in [0.15, 0.2) is 59.5 Å². The highest BCUT2D eigenvalue weighted by molar-refractivity contribution is 6.31. The summed E-state index contributed by atoms with van der Waals surface area (Å²) in [5, 5.41) is 18.2. The third-order valence-electron chi connectivity index (χ3n) is 8.13. The van der Waals surface area contributed by atoms with Gasteiger partial charge in [0.25, 0.3) is 0 Å². The monoisotopic (exact) mass is 477 g/mol. The van der Waals surface area contributed by atoms with Gasteiger partial charge in [-0.15, -0.1) is 0 Å². The van der Waals surface area contributed by atoms with Gasteiger partial charge in [0.1, 0.15) is 0 Å². The lowest BCUT2D eigenvalue weighted by Gasteiger charge is -2.58. The fourth-order valence-electron chi connectivity index (χ4n) is 6.95. The third-order valence-corrected chi connectivity index (χ3v) is 8.36. The Balaban J connectivity index is 1.29. The van der Waals surface area contributed by atoms with Crippen molar-refractivity contribution in [2.24, 2.45) is 17.8 Å². The van der Waals surface area contributed by atoms with E-state index in [0.717, 1.165) is 37.7 Å². The molecule has 4 aliphatic carbocycles. The number of carbonyl (C=O) groups is 1. The van der Waals surface area contributed by atoms with E-state index in [1.807, 2.05) is 30.3 Å². The standard InChI is InChI=1S/C27H28ClN3O3/c28-19-6-7-20-22(10-19)29-14-21(25(20)32)24(16-4-2-1-3-5-16)31-26(33)30-23-17-8-15-9-18(23)13-27(34,11-15)12-17/h1-7,10,14-15,17-18,23-24,34H,8-9,11-13H2,(H,29,32)(H2,30,31,33)/t15-,17-,18+,23?,24?,27?. The van der Waals surface area contributed by atoms with E-state index in [1.165, 1.54) is 0 Å². The zero-order chi connectivity index (χ0) is 23.4. The van der Waals surface area contributed by atoms with Gasteiger partial charge in [0.15, 0.2) is 5.43 Å². The normalized spacial score (nSPS) is 30.3. The topological polar surface area (TPSA) is 94.2 Å². The van der Waals surface area contributed by atoms with Crippen LogP contribution in [0, 0.1) is 17.8 Å². The number of halogens is 1. The Bertz CT molecular complexity index is 1290. The SMILES string of the molecule is O=C(NC(c1ccccc1)c1c[nH]c2cc(Cl)ccc2c1=O)NC1[C@@H]2C[C@@H]3C[C@H]1CC(O)(C3)C2. The first-order valence-corrected chi connectivity index (χ1v) is 12.4. The Kier molecular flexibility index (Phi) is 5.19. The van der Waals surface area contributed by atoms with Crippen molar-refractivity contribution in [1.29, 1.82) is 0 Å². The quantitative estimate of drug-likeness (QED) is 0.445. The fourth-order valence-corrected chi connectivity index (χ4v) is 7.12. The second-order valence-corrected chi connectivity index (χ2v) is 10.9. The molecule has 34 heavy (non-hydrogen) atoms. The van der Waals surface area contributed by atoms with E-state index in [2.05, 4.69) is 15.6 Å². The third kappa shape index (κ3) is 3.79. The Morgan fingerprint density at radius 1 is 1.09 bits per heavy atom. The summed E-state index contributed by atoms with van der Waals surface area (Å²) in [7, 11) is 0. The van der Waals surface area contributed by atoms with E-state index < -0.39 is 11.6 Å². The number of amides is 2. The van der Waals surface area contributed by atoms with E-state index >= 15 is 0 Å². The lowest BCUT2D eigenvalue weighted by molar-refractivity contribution is -0.136. The number of aromatic amines is 1. The van der Waals surface area contributed by atoms with Crippen molar-refractivity contribution in [1.82, 2.24) is 15.6 Å². The maximum Gasteiger partial charge on any atom is 0.315 e. The van der Waals surface area contributed by atoms with Crippen LogP contribution in [0.4, 0.5) is 4.79 Å². The minimum Gasteiger partial charge on any atom is -0.390 e. The van der Waals surface area contributed by atoms with Crippen LogP contribution in [-0.2, 0) is 0 Å². The summed E-state index contributed by atoms with van der Waals surface area (Å²) in [6, 6.07) is 13.8. The number of benzene rings is 2. The van der Waals surface area contributed by atoms with E-state index in [1.54, 1.807) is 24.4 Å². The Labute approximate surface area is 202 Å². The van der Waals surface area contributed by atoms with Gasteiger partial charge in [-0.3, -0.25) is 4.79 Å². The largest absolute Gasteiger partial charge is 0.390 e. The molecule has 4 fully saturated rings. The van der Waals surface area contributed by atoms with Crippen LogP contribution in [-0.4, -0.2) is 27.8 Å². The van der Waals surface area contributed by atoms with Crippen LogP contribution in [0.2, 0.25) is 5.02 Å². The van der Waals surface area contributed by atoms with Gasteiger partial charge in [-0.05, 0) is 73.6 Å². The molecule has 6 nitrogen and oxygen atoms in total. The highest BCUT2D eigenvalue weighted by Gasteiger charge is 2.55. The van der Waals surface area contributed by atoms with Gasteiger partial charge in [0, 0.05) is 28.2 Å². The number of hydrogen-bond donors (Lipinski definition) is 4. The second-order valence-electron chi connectivity index (χ2n) is 10.4. The highest BCUT2D eigenvalue weighted by Crippen LogP contribution is 2.55. The summed E-state index contributed by atoms with van der Waals surface area (Å²) in [5.41, 5.74) is 1.27. The highest BCUT2D eigenvalue weighted by atomic mass is 35.5. The molecule has 0 saturated heterocycles. The van der Waals surface area contributed by atoms with Crippen molar-refractivity contribution in [3.63, 3.8) is 0 Å². The minimum atomic E-state index is -0.606. The molecule has 3 aromatic rings. The number of hydrogen-bond acceptors (Lipinski definition) is 3. The van der Waals surface area contributed by atoms with E-state index in [0.29, 0.717) is 39.2 Å². The number of aromatic nitrogens is 1. The first-order valence-electron chi connectivity index (χ1n) is 12.0. The van der Waals surface area contributed by atoms with Crippen LogP contribution in [0.25, 0.3) is 10.9 Å². The summed E-state index contributed by atoms with van der Waals surface area (Å²) < 4.78 is 0. The Morgan fingerprint density at radius 3 is 2.53 bits per heavy atom. The molecule has 2 aromatic carbocycles. The summed E-state index contributed by atoms with van der Waals surface area (Å²) in [6.45, 7) is 0. The van der Waals surface area contributed by atoms with Gasteiger partial charge in [0.05, 0.1) is 17.2 Å². The zero-order valence-electron chi connectivity index (χ0n) is 18.8. The van der Waals surface area contributed by atoms with E-state index in [9.17, 15) is 14.7 Å². The summed E-state index contributed by atoms with van der Waals surface area (Å²) >= 11 is 6.09. The van der Waals surface area contributed by atoms with Crippen molar-refractivity contribution >= 4 is 28.5 Å². The van der Waals surface area contributed by atoms with Crippen LogP contribution in [0.5, 0.6) is 0 Å². The Hall–Kier alpha value is -2.83. The average Bonchev–Trinajstić information content (AvgIpc) is 2.80. The first-order chi connectivity index (χ1) is 16.4. The van der Waals surface area contributed by atoms with Gasteiger partial charge in [-0.2, -0.15) is 0 Å². The summed E-state index contributed by atoms with van der Waals surface area (Å²) in [5.74, 6) is 1.20. The first kappa shape index (κ1) is 21.7. The predicted molar refractivity (Wildman–Crippen MR) is 132 cm³/mol. The smallest absolute Gasteiger partial charge is 0.315 e. The van der Waals surface area contributed by atoms with Gasteiger partial charge in [-0.1, -0.05) is 41.9 Å². The van der Waals surface area contributed by atoms with Gasteiger partial charge < -0.3 is 20.7 Å². The molecule has 176 valence electrons. The maximum absolute atomic E-state index is 13.4. The number of nitrogens with one attached hydrogen (secondary N) is 3. The number of H-pyrrole nitrogens is 1. The number of aliphatic hydroxyl groups is 1. The molecule has 2 amide bonds. The van der Waals surface area contributed by atoms with E-state index in [4.69, 9.17) is 11.6 Å². The lowest BCUT2D eigenvalue weighted by Crippen LogP contribution is -2.62. The van der Waals surface area contributed by atoms with Gasteiger partial charge in [0.2, 0.25) is 0 Å². The zero-order valence-corrected chi connectivity index (χ0v) is 19.5. The lowest BCUT2D eigenvalue weighted by atomic mass is 9.52. The van der Waals surface area contributed by atoms with Gasteiger partial charge in [-0.25, -0.2) is 4.79 Å². The molecular formula is C27H28ClN3O3. The molecule has 4 bridgehead atoms. The molecule has 4 aliphatic rings. The molecule has 1 heterocycles. The number of urea groups is 1. The predicted octanol–water partition coefficient (Wildman–Crippen LogP) is 4.51. The molecule has 0 spiro atoms. The number of fused-ring (bicyclic) bond motifs is 1. The molecule has 4 saturated carbocycles. The number of rotatable bonds is 4. The fraction of sp³-hybridized carbons (Fsp3) is 0.407. The van der Waals surface area contributed by atoms with Crippen LogP contribution >= 0.6 is 11.6 Å². The molecule has 3 unspecified atom stereocenters. The molecule has 0 aliphatic heterocycles. The van der Waals surface area contributed by atoms with Crippen LogP contribution in [0.3, 0.4) is 0 Å². The van der Waals surface area contributed by atoms with Crippen molar-refractivity contribution in [3.8, 4) is 0 Å². The molecule has 7 heteroatoms. The summed E-state index contributed by atoms with van der Waals surface area (Å²) in [4.78, 5) is 29.8. The number of carbonyl (C=O) groups excluding carboxylic acids is 1. The molecule has 4 N–H and O–H groups in total. The minimum absolute atomic E-state index is 0.0604. The van der Waals surface area contributed by atoms with Crippen molar-refractivity contribution in [2.75, 3.05) is 0 Å². The van der Waals surface area contributed by atoms with E-state index in [-0.39, 0.29) is 17.5 Å². The van der Waals surface area contributed by atoms with Crippen LogP contribution < -0.4 is 16.1 Å². The van der Waals surface area contributed by atoms with Crippen molar-refractivity contribution in [2.45, 2.75) is 49.8 Å². The second kappa shape index (κ2) is 8.14. The average molecular weight is 478 g/mol.